The smallest absolute Gasteiger partial charge is 0.317 e. The fourth-order valence-corrected chi connectivity index (χ4v) is 1.57. The summed E-state index contributed by atoms with van der Waals surface area (Å²) in [6.07, 6.45) is 0.0259. The van der Waals surface area contributed by atoms with Crippen LogP contribution >= 0.6 is 0 Å². The van der Waals surface area contributed by atoms with Gasteiger partial charge in [0, 0.05) is 13.1 Å². The van der Waals surface area contributed by atoms with E-state index in [1.807, 2.05) is 0 Å². The molecular weight excluding hydrogens is 196 g/mol. The summed E-state index contributed by atoms with van der Waals surface area (Å²) in [5.41, 5.74) is -2.25. The predicted molar refractivity (Wildman–Crippen MR) is 43.2 cm³/mol. The summed E-state index contributed by atoms with van der Waals surface area (Å²) in [6.45, 7) is 2.26. The van der Waals surface area contributed by atoms with Crippen LogP contribution in [0.3, 0.4) is 0 Å². The van der Waals surface area contributed by atoms with Crippen molar-refractivity contribution in [2.75, 3.05) is 13.1 Å². The Kier molecular flexibility index (Phi) is 2.60. The Bertz CT molecular complexity index is 269. The Hall–Kier alpha value is -1.01. The summed E-state index contributed by atoms with van der Waals surface area (Å²) in [6, 6.07) is 0. The minimum Gasteiger partial charge on any atom is -0.481 e. The van der Waals surface area contributed by atoms with Gasteiger partial charge in [0.2, 0.25) is 0 Å². The quantitative estimate of drug-likeness (QED) is 0.677. The summed E-state index contributed by atoms with van der Waals surface area (Å²) >= 11 is 0. The molecule has 1 rings (SSSR count). The molecule has 0 saturated carbocycles. The van der Waals surface area contributed by atoms with Crippen LogP contribution in [0.5, 0.6) is 0 Å². The molecule has 0 spiro atoms. The highest BCUT2D eigenvalue weighted by Crippen LogP contribution is 2.44. The highest BCUT2D eigenvalue weighted by atomic mass is 19.3. The van der Waals surface area contributed by atoms with Crippen molar-refractivity contribution in [1.29, 1.82) is 0 Å². The molecule has 0 aliphatic carbocycles. The maximum Gasteiger partial charge on any atom is 0.317 e. The second kappa shape index (κ2) is 3.29. The number of hydroxylamine groups is 2. The molecule has 6 heteroatoms. The Morgan fingerprint density at radius 3 is 2.50 bits per heavy atom. The number of halogens is 2. The van der Waals surface area contributed by atoms with E-state index in [0.717, 1.165) is 0 Å². The van der Waals surface area contributed by atoms with Crippen molar-refractivity contribution < 1.29 is 23.9 Å². The van der Waals surface area contributed by atoms with E-state index in [2.05, 4.69) is 6.58 Å². The lowest BCUT2D eigenvalue weighted by Crippen LogP contribution is -2.48. The average Bonchev–Trinajstić information content (AvgIpc) is 2.49. The van der Waals surface area contributed by atoms with E-state index in [-0.39, 0.29) is 13.0 Å². The van der Waals surface area contributed by atoms with Gasteiger partial charge in [-0.1, -0.05) is 6.58 Å². The number of carbonyl (C=O) groups is 1. The number of carboxylic acid groups (broad SMARTS) is 1. The van der Waals surface area contributed by atoms with Gasteiger partial charge in [-0.2, -0.15) is 5.06 Å². The van der Waals surface area contributed by atoms with Crippen LogP contribution in [0.4, 0.5) is 8.78 Å². The van der Waals surface area contributed by atoms with Crippen molar-refractivity contribution in [3.8, 4) is 0 Å². The largest absolute Gasteiger partial charge is 0.481 e. The van der Waals surface area contributed by atoms with Gasteiger partial charge in [0.15, 0.2) is 5.41 Å². The van der Waals surface area contributed by atoms with Crippen molar-refractivity contribution in [3.05, 3.63) is 12.7 Å². The van der Waals surface area contributed by atoms with Crippen LogP contribution in [0.25, 0.3) is 0 Å². The molecule has 0 amide bonds. The second-order valence-corrected chi connectivity index (χ2v) is 3.35. The van der Waals surface area contributed by atoms with Crippen LogP contribution in [-0.2, 0) is 4.79 Å². The lowest BCUT2D eigenvalue weighted by Gasteiger charge is -2.30. The number of rotatable bonds is 3. The molecule has 1 fully saturated rings. The van der Waals surface area contributed by atoms with E-state index in [1.165, 1.54) is 0 Å². The molecule has 0 bridgehead atoms. The van der Waals surface area contributed by atoms with E-state index in [9.17, 15) is 13.6 Å². The van der Waals surface area contributed by atoms with Crippen molar-refractivity contribution in [1.82, 2.24) is 5.06 Å². The van der Waals surface area contributed by atoms with Gasteiger partial charge >= 0.3 is 5.97 Å². The molecule has 1 aliphatic heterocycles. The van der Waals surface area contributed by atoms with Crippen LogP contribution in [0.1, 0.15) is 6.42 Å². The standard InChI is InChI=1S/C8H11F2NO3/c1-2-8(9,10)7(6(12)13)3-4-11(14)5-7/h2,14H,1,3-5H2,(H,12,13). The summed E-state index contributed by atoms with van der Waals surface area (Å²) < 4.78 is 26.6. The minimum absolute atomic E-state index is 0.0737. The SMILES string of the molecule is C=CC(F)(F)C1(C(=O)O)CCN(O)C1. The Labute approximate surface area is 79.4 Å². The van der Waals surface area contributed by atoms with Gasteiger partial charge in [-0.3, -0.25) is 4.79 Å². The number of carboxylic acids is 1. The highest BCUT2D eigenvalue weighted by molar-refractivity contribution is 5.77. The zero-order chi connectivity index (χ0) is 11.0. The lowest BCUT2D eigenvalue weighted by atomic mass is 9.80. The zero-order valence-electron chi connectivity index (χ0n) is 7.41. The summed E-state index contributed by atoms with van der Waals surface area (Å²) in [7, 11) is 0. The van der Waals surface area contributed by atoms with Gasteiger partial charge in [0.1, 0.15) is 0 Å². The first kappa shape index (κ1) is 11.1. The molecule has 0 aromatic rings. The van der Waals surface area contributed by atoms with E-state index in [1.54, 1.807) is 0 Å². The van der Waals surface area contributed by atoms with E-state index >= 15 is 0 Å². The van der Waals surface area contributed by atoms with E-state index < -0.39 is 23.9 Å². The number of hydrogen-bond acceptors (Lipinski definition) is 3. The molecule has 0 radical (unpaired) electrons. The number of aliphatic carboxylic acids is 1. The first-order chi connectivity index (χ1) is 6.35. The molecule has 1 heterocycles. The topological polar surface area (TPSA) is 60.8 Å². The number of nitrogens with zero attached hydrogens (tertiary/aromatic N) is 1. The molecular formula is C8H11F2NO3. The third-order valence-corrected chi connectivity index (χ3v) is 2.55. The molecule has 1 aliphatic rings. The van der Waals surface area contributed by atoms with Crippen molar-refractivity contribution in [2.45, 2.75) is 12.3 Å². The molecule has 2 N–H and O–H groups in total. The van der Waals surface area contributed by atoms with Crippen LogP contribution in [-0.4, -0.2) is 40.4 Å². The highest BCUT2D eigenvalue weighted by Gasteiger charge is 2.60. The van der Waals surface area contributed by atoms with Crippen LogP contribution in [0, 0.1) is 5.41 Å². The first-order valence-electron chi connectivity index (χ1n) is 4.04. The van der Waals surface area contributed by atoms with Gasteiger partial charge < -0.3 is 10.3 Å². The zero-order valence-corrected chi connectivity index (χ0v) is 7.41. The van der Waals surface area contributed by atoms with E-state index in [4.69, 9.17) is 10.3 Å². The van der Waals surface area contributed by atoms with Gasteiger partial charge in [0.25, 0.3) is 5.92 Å². The van der Waals surface area contributed by atoms with Crippen molar-refractivity contribution in [2.24, 2.45) is 5.41 Å². The predicted octanol–water partition coefficient (Wildman–Crippen LogP) is 0.974. The van der Waals surface area contributed by atoms with Gasteiger partial charge in [-0.15, -0.1) is 0 Å². The minimum atomic E-state index is -3.52. The van der Waals surface area contributed by atoms with Crippen LogP contribution in [0.15, 0.2) is 12.7 Å². The molecule has 0 aromatic heterocycles. The molecule has 1 saturated heterocycles. The average molecular weight is 207 g/mol. The summed E-state index contributed by atoms with van der Waals surface area (Å²) in [5.74, 6) is -5.13. The molecule has 80 valence electrons. The monoisotopic (exact) mass is 207 g/mol. The molecule has 14 heavy (non-hydrogen) atoms. The fourth-order valence-electron chi connectivity index (χ4n) is 1.57. The molecule has 1 atom stereocenters. The van der Waals surface area contributed by atoms with Gasteiger partial charge in [0.05, 0.1) is 0 Å². The normalized spacial score (nSPS) is 29.1. The maximum absolute atomic E-state index is 13.3. The Balaban J connectivity index is 3.06. The molecule has 0 aromatic carbocycles. The first-order valence-corrected chi connectivity index (χ1v) is 4.04. The fraction of sp³-hybridized carbons (Fsp3) is 0.625. The summed E-state index contributed by atoms with van der Waals surface area (Å²) in [5, 5.41) is 18.3. The van der Waals surface area contributed by atoms with Gasteiger partial charge in [-0.05, 0) is 12.5 Å². The third kappa shape index (κ3) is 1.40. The number of allylic oxidation sites excluding steroid dienone is 1. The lowest BCUT2D eigenvalue weighted by molar-refractivity contribution is -0.173. The van der Waals surface area contributed by atoms with Crippen LogP contribution in [0.2, 0.25) is 0 Å². The van der Waals surface area contributed by atoms with Crippen molar-refractivity contribution >= 4 is 5.97 Å². The van der Waals surface area contributed by atoms with Crippen molar-refractivity contribution in [3.63, 3.8) is 0 Å². The molecule has 4 nitrogen and oxygen atoms in total. The van der Waals surface area contributed by atoms with Crippen LogP contribution < -0.4 is 0 Å². The van der Waals surface area contributed by atoms with Gasteiger partial charge in [-0.25, -0.2) is 8.78 Å². The number of hydrogen-bond donors (Lipinski definition) is 2. The molecule has 1 unspecified atom stereocenters. The Morgan fingerprint density at radius 1 is 1.64 bits per heavy atom. The number of alkyl halides is 2. The van der Waals surface area contributed by atoms with E-state index in [0.29, 0.717) is 11.1 Å². The second-order valence-electron chi connectivity index (χ2n) is 3.35. The summed E-state index contributed by atoms with van der Waals surface area (Å²) in [4.78, 5) is 10.8. The third-order valence-electron chi connectivity index (χ3n) is 2.55. The Morgan fingerprint density at radius 2 is 2.21 bits per heavy atom. The maximum atomic E-state index is 13.3.